The topological polar surface area (TPSA) is 23.6 Å². The highest BCUT2D eigenvalue weighted by Gasteiger charge is 2.13. The van der Waals surface area contributed by atoms with Crippen LogP contribution in [0.5, 0.6) is 0 Å². The summed E-state index contributed by atoms with van der Waals surface area (Å²) in [6.07, 6.45) is 0. The molecule has 0 aromatic heterocycles. The second kappa shape index (κ2) is 5.92. The fourth-order valence-corrected chi connectivity index (χ4v) is 1.57. The van der Waals surface area contributed by atoms with Crippen molar-refractivity contribution in [2.45, 2.75) is 4.90 Å². The van der Waals surface area contributed by atoms with Crippen molar-refractivity contribution in [2.75, 3.05) is 34.2 Å². The second-order valence-corrected chi connectivity index (χ2v) is 4.53. The number of carbonyl (C=O) groups excluding carboxylic acids is 1. The molecule has 1 aromatic carbocycles. The van der Waals surface area contributed by atoms with Crippen molar-refractivity contribution in [1.29, 1.82) is 0 Å². The normalized spacial score (nSPS) is 10.6. The van der Waals surface area contributed by atoms with E-state index in [4.69, 9.17) is 0 Å². The molecule has 1 rings (SSSR count). The minimum Gasteiger partial charge on any atom is -0.340 e. The maximum atomic E-state index is 12.0. The van der Waals surface area contributed by atoms with Gasteiger partial charge in [-0.15, -0.1) is 12.6 Å². The van der Waals surface area contributed by atoms with E-state index in [1.807, 2.05) is 39.3 Å². The summed E-state index contributed by atoms with van der Waals surface area (Å²) in [5.41, 5.74) is 0.659. The van der Waals surface area contributed by atoms with Gasteiger partial charge in [0.2, 0.25) is 0 Å². The predicted molar refractivity (Wildman–Crippen MR) is 69.2 cm³/mol. The summed E-state index contributed by atoms with van der Waals surface area (Å²) in [6, 6.07) is 7.36. The number of hydrogen-bond donors (Lipinski definition) is 1. The highest BCUT2D eigenvalue weighted by atomic mass is 32.1. The standard InChI is InChI=1S/C12H18N2OS/c1-13(2)8-9-14(3)12(15)10-6-4-5-7-11(10)16/h4-7,16H,8-9H2,1-3H3. The summed E-state index contributed by atoms with van der Waals surface area (Å²) >= 11 is 4.28. The van der Waals surface area contributed by atoms with Crippen LogP contribution in [-0.2, 0) is 0 Å². The summed E-state index contributed by atoms with van der Waals surface area (Å²) < 4.78 is 0. The van der Waals surface area contributed by atoms with Gasteiger partial charge in [-0.3, -0.25) is 4.79 Å². The van der Waals surface area contributed by atoms with Crippen LogP contribution in [0.1, 0.15) is 10.4 Å². The first-order valence-electron chi connectivity index (χ1n) is 5.20. The van der Waals surface area contributed by atoms with Crippen molar-refractivity contribution in [2.24, 2.45) is 0 Å². The van der Waals surface area contributed by atoms with Gasteiger partial charge >= 0.3 is 0 Å². The lowest BCUT2D eigenvalue weighted by Gasteiger charge is -2.20. The van der Waals surface area contributed by atoms with Gasteiger partial charge in [0, 0.05) is 25.0 Å². The van der Waals surface area contributed by atoms with Crippen LogP contribution >= 0.6 is 12.6 Å². The minimum atomic E-state index is 0.0208. The number of benzene rings is 1. The molecule has 0 unspecified atom stereocenters. The van der Waals surface area contributed by atoms with Crippen LogP contribution in [0.2, 0.25) is 0 Å². The molecule has 0 aliphatic rings. The monoisotopic (exact) mass is 238 g/mol. The molecule has 0 spiro atoms. The van der Waals surface area contributed by atoms with Crippen LogP contribution < -0.4 is 0 Å². The molecule has 0 atom stereocenters. The summed E-state index contributed by atoms with van der Waals surface area (Å²) in [7, 11) is 5.79. The summed E-state index contributed by atoms with van der Waals surface area (Å²) in [5, 5.41) is 0. The molecule has 0 aliphatic heterocycles. The quantitative estimate of drug-likeness (QED) is 0.806. The van der Waals surface area contributed by atoms with Gasteiger partial charge in [-0.25, -0.2) is 0 Å². The van der Waals surface area contributed by atoms with E-state index in [0.29, 0.717) is 12.1 Å². The summed E-state index contributed by atoms with van der Waals surface area (Å²) in [6.45, 7) is 1.57. The van der Waals surface area contributed by atoms with Gasteiger partial charge < -0.3 is 9.80 Å². The third kappa shape index (κ3) is 3.54. The molecule has 0 saturated heterocycles. The SMILES string of the molecule is CN(C)CCN(C)C(=O)c1ccccc1S. The Bertz CT molecular complexity index is 366. The number of thiol groups is 1. The average molecular weight is 238 g/mol. The Morgan fingerprint density at radius 1 is 1.19 bits per heavy atom. The van der Waals surface area contributed by atoms with Gasteiger partial charge in [0.1, 0.15) is 0 Å². The van der Waals surface area contributed by atoms with E-state index in [1.165, 1.54) is 0 Å². The van der Waals surface area contributed by atoms with Crippen molar-refractivity contribution in [3.8, 4) is 0 Å². The molecule has 16 heavy (non-hydrogen) atoms. The number of hydrogen-bond acceptors (Lipinski definition) is 3. The molecular formula is C12H18N2OS. The molecule has 0 aliphatic carbocycles. The van der Waals surface area contributed by atoms with Crippen molar-refractivity contribution >= 4 is 18.5 Å². The molecular weight excluding hydrogens is 220 g/mol. The molecule has 1 aromatic rings. The van der Waals surface area contributed by atoms with Crippen LogP contribution in [0.15, 0.2) is 29.2 Å². The zero-order valence-electron chi connectivity index (χ0n) is 9.97. The largest absolute Gasteiger partial charge is 0.340 e. The Balaban J connectivity index is 2.67. The van der Waals surface area contributed by atoms with E-state index in [9.17, 15) is 4.79 Å². The van der Waals surface area contributed by atoms with E-state index in [2.05, 4.69) is 17.5 Å². The molecule has 0 bridgehead atoms. The number of rotatable bonds is 4. The fourth-order valence-electron chi connectivity index (χ4n) is 1.31. The highest BCUT2D eigenvalue weighted by molar-refractivity contribution is 7.80. The zero-order chi connectivity index (χ0) is 12.1. The zero-order valence-corrected chi connectivity index (χ0v) is 10.9. The first-order valence-corrected chi connectivity index (χ1v) is 5.65. The number of nitrogens with zero attached hydrogens (tertiary/aromatic N) is 2. The van der Waals surface area contributed by atoms with Crippen LogP contribution in [0, 0.1) is 0 Å². The van der Waals surface area contributed by atoms with E-state index in [1.54, 1.807) is 11.0 Å². The maximum absolute atomic E-state index is 12.0. The third-order valence-electron chi connectivity index (χ3n) is 2.36. The van der Waals surface area contributed by atoms with Crippen LogP contribution in [-0.4, -0.2) is 49.9 Å². The molecule has 0 fully saturated rings. The van der Waals surface area contributed by atoms with E-state index in [0.717, 1.165) is 11.4 Å². The first kappa shape index (κ1) is 13.1. The van der Waals surface area contributed by atoms with Crippen LogP contribution in [0.25, 0.3) is 0 Å². The Labute approximate surface area is 102 Å². The fraction of sp³-hybridized carbons (Fsp3) is 0.417. The smallest absolute Gasteiger partial charge is 0.254 e. The number of likely N-dealkylation sites (N-methyl/N-ethyl adjacent to an activating group) is 2. The molecule has 3 nitrogen and oxygen atoms in total. The van der Waals surface area contributed by atoms with Gasteiger partial charge in [-0.05, 0) is 26.2 Å². The number of carbonyl (C=O) groups is 1. The van der Waals surface area contributed by atoms with Gasteiger partial charge in [-0.2, -0.15) is 0 Å². The summed E-state index contributed by atoms with van der Waals surface area (Å²) in [5.74, 6) is 0.0208. The Hall–Kier alpha value is -1.00. The van der Waals surface area contributed by atoms with Gasteiger partial charge in [0.05, 0.1) is 5.56 Å². The maximum Gasteiger partial charge on any atom is 0.254 e. The van der Waals surface area contributed by atoms with E-state index >= 15 is 0 Å². The highest BCUT2D eigenvalue weighted by Crippen LogP contribution is 2.14. The molecule has 0 radical (unpaired) electrons. The Morgan fingerprint density at radius 2 is 1.81 bits per heavy atom. The van der Waals surface area contributed by atoms with Crippen LogP contribution in [0.3, 0.4) is 0 Å². The minimum absolute atomic E-state index is 0.0208. The number of amides is 1. The Morgan fingerprint density at radius 3 is 2.38 bits per heavy atom. The van der Waals surface area contributed by atoms with Gasteiger partial charge in [0.25, 0.3) is 5.91 Å². The van der Waals surface area contributed by atoms with Crippen molar-refractivity contribution in [3.63, 3.8) is 0 Å². The molecule has 88 valence electrons. The van der Waals surface area contributed by atoms with E-state index in [-0.39, 0.29) is 5.91 Å². The van der Waals surface area contributed by atoms with Crippen molar-refractivity contribution in [3.05, 3.63) is 29.8 Å². The lowest BCUT2D eigenvalue weighted by molar-refractivity contribution is 0.0783. The van der Waals surface area contributed by atoms with Gasteiger partial charge in [-0.1, -0.05) is 12.1 Å². The third-order valence-corrected chi connectivity index (χ3v) is 2.75. The average Bonchev–Trinajstić information content (AvgIpc) is 2.25. The first-order chi connectivity index (χ1) is 7.52. The van der Waals surface area contributed by atoms with Crippen molar-refractivity contribution < 1.29 is 4.79 Å². The van der Waals surface area contributed by atoms with E-state index < -0.39 is 0 Å². The summed E-state index contributed by atoms with van der Waals surface area (Å²) in [4.78, 5) is 16.5. The predicted octanol–water partition coefficient (Wildman–Crippen LogP) is 1.61. The Kier molecular flexibility index (Phi) is 4.83. The van der Waals surface area contributed by atoms with Crippen LogP contribution in [0.4, 0.5) is 0 Å². The van der Waals surface area contributed by atoms with Crippen molar-refractivity contribution in [1.82, 2.24) is 9.80 Å². The lowest BCUT2D eigenvalue weighted by atomic mass is 10.2. The van der Waals surface area contributed by atoms with Gasteiger partial charge in [0.15, 0.2) is 0 Å². The second-order valence-electron chi connectivity index (χ2n) is 4.05. The molecule has 4 heteroatoms. The lowest BCUT2D eigenvalue weighted by Crippen LogP contribution is -2.33. The molecule has 0 heterocycles. The molecule has 0 N–H and O–H groups in total. The molecule has 1 amide bonds. The molecule has 0 saturated carbocycles.